The molecule has 0 N–H and O–H groups in total. The van der Waals surface area contributed by atoms with Crippen LogP contribution in [0.4, 0.5) is 5.82 Å². The molecule has 0 aliphatic carbocycles. The van der Waals surface area contributed by atoms with Crippen LogP contribution in [0, 0.1) is 12.8 Å². The molecule has 28 heavy (non-hydrogen) atoms. The Balaban J connectivity index is 1.34. The van der Waals surface area contributed by atoms with Crippen molar-refractivity contribution in [3.05, 3.63) is 71.0 Å². The van der Waals surface area contributed by atoms with Crippen molar-refractivity contribution < 1.29 is 0 Å². The average molecular weight is 373 g/mol. The number of fused-ring (bicyclic) bond motifs is 1. The van der Waals surface area contributed by atoms with E-state index < -0.39 is 0 Å². The van der Waals surface area contributed by atoms with Crippen molar-refractivity contribution in [1.82, 2.24) is 29.4 Å². The van der Waals surface area contributed by atoms with Gasteiger partial charge in [0.15, 0.2) is 5.65 Å². The molecule has 4 aromatic heterocycles. The van der Waals surface area contributed by atoms with E-state index >= 15 is 0 Å². The van der Waals surface area contributed by atoms with Crippen molar-refractivity contribution in [3.8, 4) is 11.3 Å². The molecule has 0 saturated carbocycles. The number of nitrogens with zero attached hydrogens (tertiary/aromatic N) is 7. The Hall–Kier alpha value is -3.55. The highest BCUT2D eigenvalue weighted by Crippen LogP contribution is 2.26. The lowest BCUT2D eigenvalue weighted by molar-refractivity contribution is 0.332. The number of rotatable bonds is 4. The van der Waals surface area contributed by atoms with Crippen molar-refractivity contribution >= 4 is 11.5 Å². The number of hydrogen-bond acceptors (Lipinski definition) is 6. The van der Waals surface area contributed by atoms with Crippen LogP contribution in [0.15, 0.2) is 59.8 Å². The molecule has 140 valence electrons. The lowest BCUT2D eigenvalue weighted by Gasteiger charge is -2.40. The molecule has 0 atom stereocenters. The molecular weight excluding hydrogens is 354 g/mol. The van der Waals surface area contributed by atoms with Crippen molar-refractivity contribution in [3.63, 3.8) is 0 Å². The van der Waals surface area contributed by atoms with Crippen LogP contribution in [0.3, 0.4) is 0 Å². The van der Waals surface area contributed by atoms with E-state index in [2.05, 4.69) is 25.1 Å². The first-order valence-corrected chi connectivity index (χ1v) is 9.22. The fourth-order valence-corrected chi connectivity index (χ4v) is 3.61. The van der Waals surface area contributed by atoms with Crippen molar-refractivity contribution in [2.75, 3.05) is 18.0 Å². The largest absolute Gasteiger partial charge is 0.356 e. The Morgan fingerprint density at radius 2 is 2.04 bits per heavy atom. The van der Waals surface area contributed by atoms with Crippen LogP contribution in [0.25, 0.3) is 16.9 Å². The SMILES string of the molecule is Cc1cc(N2CC(Cn3nc(-c4cccnc4)ccc3=O)C2)n2nccc2n1. The minimum atomic E-state index is -0.0830. The Bertz CT molecular complexity index is 1190. The lowest BCUT2D eigenvalue weighted by atomic mass is 10.0. The second kappa shape index (κ2) is 6.56. The summed E-state index contributed by atoms with van der Waals surface area (Å²) in [5.41, 5.74) is 3.39. The zero-order chi connectivity index (χ0) is 19.1. The van der Waals surface area contributed by atoms with Gasteiger partial charge in [0.05, 0.1) is 18.4 Å². The van der Waals surface area contributed by atoms with Crippen molar-refractivity contribution in [1.29, 1.82) is 0 Å². The van der Waals surface area contributed by atoms with E-state index in [9.17, 15) is 4.79 Å². The normalized spacial score (nSPS) is 14.4. The molecule has 5 heterocycles. The fraction of sp³-hybridized carbons (Fsp3) is 0.250. The summed E-state index contributed by atoms with van der Waals surface area (Å²) in [7, 11) is 0. The summed E-state index contributed by atoms with van der Waals surface area (Å²) in [6.45, 7) is 4.28. The van der Waals surface area contributed by atoms with Gasteiger partial charge in [0.25, 0.3) is 5.56 Å². The summed E-state index contributed by atoms with van der Waals surface area (Å²) in [6.07, 6.45) is 5.24. The van der Waals surface area contributed by atoms with Crippen LogP contribution < -0.4 is 10.5 Å². The quantitative estimate of drug-likeness (QED) is 0.543. The summed E-state index contributed by atoms with van der Waals surface area (Å²) in [4.78, 5) is 23.1. The Labute approximate surface area is 161 Å². The maximum absolute atomic E-state index is 12.3. The molecule has 0 spiro atoms. The van der Waals surface area contributed by atoms with E-state index in [-0.39, 0.29) is 5.56 Å². The molecule has 1 saturated heterocycles. The van der Waals surface area contributed by atoms with Gasteiger partial charge < -0.3 is 4.90 Å². The molecule has 0 radical (unpaired) electrons. The second-order valence-electron chi connectivity index (χ2n) is 7.11. The fourth-order valence-electron chi connectivity index (χ4n) is 3.61. The van der Waals surface area contributed by atoms with Gasteiger partial charge in [0.2, 0.25) is 0 Å². The molecule has 1 aliphatic heterocycles. The van der Waals surface area contributed by atoms with E-state index in [1.165, 1.54) is 0 Å². The van der Waals surface area contributed by atoms with Crippen LogP contribution in [-0.4, -0.2) is 42.5 Å². The average Bonchev–Trinajstić information content (AvgIpc) is 3.14. The standard InChI is InChI=1S/C20H19N7O/c1-14-9-19(27-18(23-14)6-8-22-27)25-11-15(12-25)13-26-20(28)5-4-17(24-26)16-3-2-7-21-10-16/h2-10,15H,11-13H2,1H3. The number of hydrogen-bond donors (Lipinski definition) is 0. The van der Waals surface area contributed by atoms with Gasteiger partial charge in [-0.2, -0.15) is 14.7 Å². The third-order valence-electron chi connectivity index (χ3n) is 5.00. The first-order valence-electron chi connectivity index (χ1n) is 9.22. The van der Waals surface area contributed by atoms with Gasteiger partial charge in [-0.3, -0.25) is 9.78 Å². The van der Waals surface area contributed by atoms with E-state index in [4.69, 9.17) is 0 Å². The molecule has 0 aromatic carbocycles. The van der Waals surface area contributed by atoms with Crippen LogP contribution in [-0.2, 0) is 6.54 Å². The van der Waals surface area contributed by atoms with Gasteiger partial charge in [-0.25, -0.2) is 9.67 Å². The van der Waals surface area contributed by atoms with Gasteiger partial charge in [0.1, 0.15) is 5.82 Å². The molecule has 4 aromatic rings. The lowest BCUT2D eigenvalue weighted by Crippen LogP contribution is -2.50. The molecule has 8 heteroatoms. The summed E-state index contributed by atoms with van der Waals surface area (Å²) in [5, 5.41) is 8.91. The molecule has 0 unspecified atom stereocenters. The maximum atomic E-state index is 12.3. The van der Waals surface area contributed by atoms with E-state index in [1.54, 1.807) is 35.4 Å². The van der Waals surface area contributed by atoms with Crippen molar-refractivity contribution in [2.24, 2.45) is 5.92 Å². The highest BCUT2D eigenvalue weighted by Gasteiger charge is 2.29. The summed E-state index contributed by atoms with van der Waals surface area (Å²) in [5.74, 6) is 1.39. The van der Waals surface area contributed by atoms with Crippen LogP contribution in [0.2, 0.25) is 0 Å². The predicted molar refractivity (Wildman–Crippen MR) is 105 cm³/mol. The highest BCUT2D eigenvalue weighted by atomic mass is 16.1. The Kier molecular flexibility index (Phi) is 3.89. The first kappa shape index (κ1) is 16.6. The molecule has 8 nitrogen and oxygen atoms in total. The van der Waals surface area contributed by atoms with E-state index in [1.807, 2.05) is 35.7 Å². The van der Waals surface area contributed by atoms with Gasteiger partial charge in [0, 0.05) is 60.9 Å². The van der Waals surface area contributed by atoms with Crippen LogP contribution in [0.5, 0.6) is 0 Å². The molecule has 5 rings (SSSR count). The van der Waals surface area contributed by atoms with Gasteiger partial charge in [-0.15, -0.1) is 0 Å². The molecule has 1 fully saturated rings. The third-order valence-corrected chi connectivity index (χ3v) is 5.00. The highest BCUT2D eigenvalue weighted by molar-refractivity contribution is 5.56. The summed E-state index contributed by atoms with van der Waals surface area (Å²) in [6, 6.07) is 11.1. The Morgan fingerprint density at radius 3 is 2.86 bits per heavy atom. The van der Waals surface area contributed by atoms with Gasteiger partial charge in [-0.05, 0) is 25.1 Å². The zero-order valence-corrected chi connectivity index (χ0v) is 15.4. The molecule has 0 amide bonds. The van der Waals surface area contributed by atoms with Crippen LogP contribution in [0.1, 0.15) is 5.69 Å². The summed E-state index contributed by atoms with van der Waals surface area (Å²) < 4.78 is 3.42. The van der Waals surface area contributed by atoms with E-state index in [0.717, 1.165) is 41.5 Å². The first-order chi connectivity index (χ1) is 13.7. The predicted octanol–water partition coefficient (Wildman–Crippen LogP) is 1.79. The monoisotopic (exact) mass is 373 g/mol. The van der Waals surface area contributed by atoms with Crippen molar-refractivity contribution in [2.45, 2.75) is 13.5 Å². The topological polar surface area (TPSA) is 81.2 Å². The number of anilines is 1. The number of aromatic nitrogens is 6. The number of aryl methyl sites for hydroxylation is 1. The second-order valence-corrected chi connectivity index (χ2v) is 7.11. The van der Waals surface area contributed by atoms with E-state index in [0.29, 0.717) is 12.5 Å². The van der Waals surface area contributed by atoms with Gasteiger partial charge in [-0.1, -0.05) is 0 Å². The zero-order valence-electron chi connectivity index (χ0n) is 15.4. The van der Waals surface area contributed by atoms with Gasteiger partial charge >= 0.3 is 0 Å². The molecule has 1 aliphatic rings. The smallest absolute Gasteiger partial charge is 0.266 e. The maximum Gasteiger partial charge on any atom is 0.266 e. The molecular formula is C20H19N7O. The summed E-state index contributed by atoms with van der Waals surface area (Å²) >= 11 is 0. The minimum absolute atomic E-state index is 0.0830. The molecule has 0 bridgehead atoms. The third kappa shape index (κ3) is 2.92. The van der Waals surface area contributed by atoms with Crippen LogP contribution >= 0.6 is 0 Å². The number of pyridine rings is 1. The Morgan fingerprint density at radius 1 is 1.14 bits per heavy atom. The minimum Gasteiger partial charge on any atom is -0.356 e.